The number of carbonyl (C=O) groups is 1. The SMILES string of the molecule is COC(=O)/C=C/c1ccc(Oc2c(-c3ccc(OC(F)(F)F)cc3)sc3cc(OC)ccc23)cc1. The van der Waals surface area contributed by atoms with E-state index < -0.39 is 12.3 Å². The maximum absolute atomic E-state index is 12.5. The molecule has 1 aromatic heterocycles. The Morgan fingerprint density at radius 2 is 1.54 bits per heavy atom. The summed E-state index contributed by atoms with van der Waals surface area (Å²) in [5.41, 5.74) is 1.45. The molecular formula is C26H19F3O5S. The molecule has 0 saturated carbocycles. The van der Waals surface area contributed by atoms with Crippen molar-refractivity contribution in [2.24, 2.45) is 0 Å². The summed E-state index contributed by atoms with van der Waals surface area (Å²) in [7, 11) is 2.88. The minimum atomic E-state index is -4.76. The van der Waals surface area contributed by atoms with Crippen molar-refractivity contribution in [3.63, 3.8) is 0 Å². The Bertz CT molecular complexity index is 1360. The van der Waals surface area contributed by atoms with Crippen LogP contribution in [-0.2, 0) is 9.53 Å². The van der Waals surface area contributed by atoms with E-state index in [1.54, 1.807) is 49.6 Å². The summed E-state index contributed by atoms with van der Waals surface area (Å²) in [5, 5.41) is 0.830. The van der Waals surface area contributed by atoms with Crippen molar-refractivity contribution in [3.8, 4) is 33.4 Å². The highest BCUT2D eigenvalue weighted by Crippen LogP contribution is 2.47. The summed E-state index contributed by atoms with van der Waals surface area (Å²) in [5.74, 6) is 1.03. The molecule has 0 bridgehead atoms. The van der Waals surface area contributed by atoms with Crippen LogP contribution in [0.3, 0.4) is 0 Å². The van der Waals surface area contributed by atoms with Gasteiger partial charge in [-0.15, -0.1) is 24.5 Å². The summed E-state index contributed by atoms with van der Waals surface area (Å²) < 4.78 is 58.6. The third kappa shape index (κ3) is 5.93. The lowest BCUT2D eigenvalue weighted by molar-refractivity contribution is -0.274. The average molecular weight is 500 g/mol. The fourth-order valence-electron chi connectivity index (χ4n) is 3.28. The molecule has 3 aromatic carbocycles. The van der Waals surface area contributed by atoms with E-state index in [1.165, 1.54) is 36.7 Å². The minimum absolute atomic E-state index is 0.304. The van der Waals surface area contributed by atoms with Crippen LogP contribution in [0.4, 0.5) is 13.2 Å². The first-order valence-electron chi connectivity index (χ1n) is 10.3. The van der Waals surface area contributed by atoms with Crippen LogP contribution < -0.4 is 14.2 Å². The van der Waals surface area contributed by atoms with Crippen LogP contribution in [0.2, 0.25) is 0 Å². The standard InChI is InChI=1S/C26H19F3O5S/c1-31-20-12-13-21-22(15-20)35-25(17-6-10-19(11-7-17)34-26(27,28)29)24(21)33-18-8-3-16(4-9-18)5-14-23(30)32-2/h3-15H,1-2H3/b14-5+. The largest absolute Gasteiger partial charge is 0.573 e. The number of rotatable bonds is 7. The molecule has 0 fully saturated rings. The molecule has 1 heterocycles. The van der Waals surface area contributed by atoms with E-state index in [9.17, 15) is 18.0 Å². The zero-order valence-corrected chi connectivity index (χ0v) is 19.4. The number of alkyl halides is 3. The van der Waals surface area contributed by atoms with Gasteiger partial charge in [0.2, 0.25) is 0 Å². The first kappa shape index (κ1) is 24.2. The van der Waals surface area contributed by atoms with Crippen molar-refractivity contribution in [1.82, 2.24) is 0 Å². The van der Waals surface area contributed by atoms with E-state index in [0.29, 0.717) is 22.8 Å². The quantitative estimate of drug-likeness (QED) is 0.195. The van der Waals surface area contributed by atoms with E-state index in [0.717, 1.165) is 20.5 Å². The first-order valence-corrected chi connectivity index (χ1v) is 11.1. The van der Waals surface area contributed by atoms with Crippen LogP contribution >= 0.6 is 11.3 Å². The fraction of sp³-hybridized carbons (Fsp3) is 0.115. The van der Waals surface area contributed by atoms with E-state index in [-0.39, 0.29) is 5.75 Å². The van der Waals surface area contributed by atoms with Crippen molar-refractivity contribution in [2.75, 3.05) is 14.2 Å². The Hall–Kier alpha value is -3.98. The predicted octanol–water partition coefficient (Wildman–Crippen LogP) is 7.45. The molecule has 35 heavy (non-hydrogen) atoms. The van der Waals surface area contributed by atoms with Gasteiger partial charge in [0, 0.05) is 16.2 Å². The number of methoxy groups -OCH3 is 2. The van der Waals surface area contributed by atoms with E-state index in [2.05, 4.69) is 9.47 Å². The Balaban J connectivity index is 1.69. The van der Waals surface area contributed by atoms with Gasteiger partial charge in [0.25, 0.3) is 0 Å². The van der Waals surface area contributed by atoms with Crippen LogP contribution in [0.15, 0.2) is 72.8 Å². The lowest BCUT2D eigenvalue weighted by Crippen LogP contribution is -2.16. The van der Waals surface area contributed by atoms with Crippen LogP contribution in [0.25, 0.3) is 26.6 Å². The third-order valence-corrected chi connectivity index (χ3v) is 6.10. The van der Waals surface area contributed by atoms with Gasteiger partial charge < -0.3 is 18.9 Å². The number of halogens is 3. The average Bonchev–Trinajstić information content (AvgIpc) is 3.20. The molecule has 0 aliphatic rings. The summed E-state index contributed by atoms with van der Waals surface area (Å²) >= 11 is 1.43. The molecule has 0 atom stereocenters. The van der Waals surface area contributed by atoms with E-state index in [1.807, 2.05) is 18.2 Å². The lowest BCUT2D eigenvalue weighted by Gasteiger charge is -2.11. The Kier molecular flexibility index (Phi) is 6.97. The molecule has 0 saturated heterocycles. The first-order chi connectivity index (χ1) is 16.8. The van der Waals surface area contributed by atoms with Gasteiger partial charge in [-0.05, 0) is 71.8 Å². The predicted molar refractivity (Wildman–Crippen MR) is 128 cm³/mol. The summed E-state index contributed by atoms with van der Waals surface area (Å²) in [6.45, 7) is 0. The van der Waals surface area contributed by atoms with Gasteiger partial charge in [-0.1, -0.05) is 12.1 Å². The molecular weight excluding hydrogens is 481 g/mol. The zero-order valence-electron chi connectivity index (χ0n) is 18.6. The van der Waals surface area contributed by atoms with Gasteiger partial charge in [-0.2, -0.15) is 0 Å². The number of hydrogen-bond acceptors (Lipinski definition) is 6. The van der Waals surface area contributed by atoms with Gasteiger partial charge in [-0.3, -0.25) is 0 Å². The van der Waals surface area contributed by atoms with Crippen LogP contribution in [-0.4, -0.2) is 26.6 Å². The second-order valence-corrected chi connectivity index (χ2v) is 8.27. The molecule has 180 valence electrons. The maximum Gasteiger partial charge on any atom is 0.573 e. The number of fused-ring (bicyclic) bond motifs is 1. The van der Waals surface area contributed by atoms with Crippen LogP contribution in [0, 0.1) is 0 Å². The topological polar surface area (TPSA) is 54.0 Å². The molecule has 0 aliphatic heterocycles. The molecule has 0 N–H and O–H groups in total. The summed E-state index contributed by atoms with van der Waals surface area (Å²) in [4.78, 5) is 12.0. The highest BCUT2D eigenvalue weighted by atomic mass is 32.1. The number of carbonyl (C=O) groups excluding carboxylic acids is 1. The van der Waals surface area contributed by atoms with E-state index >= 15 is 0 Å². The Morgan fingerprint density at radius 1 is 0.886 bits per heavy atom. The minimum Gasteiger partial charge on any atom is -0.497 e. The van der Waals surface area contributed by atoms with Gasteiger partial charge in [0.1, 0.15) is 17.2 Å². The van der Waals surface area contributed by atoms with Crippen molar-refractivity contribution in [1.29, 1.82) is 0 Å². The molecule has 4 aromatic rings. The van der Waals surface area contributed by atoms with Crippen molar-refractivity contribution >= 4 is 33.5 Å². The lowest BCUT2D eigenvalue weighted by atomic mass is 10.1. The Morgan fingerprint density at radius 3 is 2.17 bits per heavy atom. The molecule has 0 spiro atoms. The van der Waals surface area contributed by atoms with Crippen molar-refractivity contribution in [3.05, 3.63) is 78.4 Å². The normalized spacial score (nSPS) is 11.6. The zero-order chi connectivity index (χ0) is 25.0. The van der Waals surface area contributed by atoms with Crippen LogP contribution in [0.1, 0.15) is 5.56 Å². The second kappa shape index (κ2) is 10.1. The van der Waals surface area contributed by atoms with Crippen molar-refractivity contribution < 1.29 is 36.9 Å². The number of benzene rings is 3. The number of esters is 1. The number of ether oxygens (including phenoxy) is 4. The molecule has 9 heteroatoms. The molecule has 0 radical (unpaired) electrons. The highest BCUT2D eigenvalue weighted by molar-refractivity contribution is 7.22. The smallest absolute Gasteiger partial charge is 0.497 e. The van der Waals surface area contributed by atoms with Gasteiger partial charge in [0.05, 0.1) is 19.1 Å². The summed E-state index contributed by atoms with van der Waals surface area (Å²) in [6.07, 6.45) is -1.82. The van der Waals surface area contributed by atoms with Crippen LogP contribution in [0.5, 0.6) is 23.0 Å². The summed E-state index contributed by atoms with van der Waals surface area (Å²) in [6, 6.07) is 18.3. The van der Waals surface area contributed by atoms with Gasteiger partial charge >= 0.3 is 12.3 Å². The number of hydrogen-bond donors (Lipinski definition) is 0. The van der Waals surface area contributed by atoms with Gasteiger partial charge in [0.15, 0.2) is 5.75 Å². The molecule has 5 nitrogen and oxygen atoms in total. The third-order valence-electron chi connectivity index (χ3n) is 4.91. The molecule has 0 amide bonds. The molecule has 0 unspecified atom stereocenters. The number of thiophene rings is 1. The van der Waals surface area contributed by atoms with Crippen molar-refractivity contribution in [2.45, 2.75) is 6.36 Å². The molecule has 0 aliphatic carbocycles. The maximum atomic E-state index is 12.5. The molecule has 4 rings (SSSR count). The second-order valence-electron chi connectivity index (χ2n) is 7.22. The van der Waals surface area contributed by atoms with E-state index in [4.69, 9.17) is 9.47 Å². The fourth-order valence-corrected chi connectivity index (χ4v) is 4.44. The highest BCUT2D eigenvalue weighted by Gasteiger charge is 2.31. The monoisotopic (exact) mass is 500 g/mol. The van der Waals surface area contributed by atoms with Gasteiger partial charge in [-0.25, -0.2) is 4.79 Å². The Labute approximate surface area is 202 Å².